The predicted octanol–water partition coefficient (Wildman–Crippen LogP) is 2.91. The first-order chi connectivity index (χ1) is 13.5. The third-order valence-corrected chi connectivity index (χ3v) is 5.65. The molecule has 5 nitrogen and oxygen atoms in total. The summed E-state index contributed by atoms with van der Waals surface area (Å²) in [4.78, 5) is 28.6. The lowest BCUT2D eigenvalue weighted by Gasteiger charge is -2.34. The Morgan fingerprint density at radius 1 is 1.21 bits per heavy atom. The number of aromatic nitrogens is 1. The third-order valence-electron chi connectivity index (χ3n) is 5.40. The summed E-state index contributed by atoms with van der Waals surface area (Å²) in [5, 5.41) is 0.771. The minimum atomic E-state index is -0.143. The number of amides is 1. The Morgan fingerprint density at radius 3 is 2.75 bits per heavy atom. The number of hydrogen-bond donors (Lipinski definition) is 0. The van der Waals surface area contributed by atoms with Gasteiger partial charge in [-0.1, -0.05) is 29.8 Å². The van der Waals surface area contributed by atoms with E-state index in [1.165, 1.54) is 16.2 Å². The first-order valence-electron chi connectivity index (χ1n) is 9.87. The molecule has 0 saturated carbocycles. The summed E-state index contributed by atoms with van der Waals surface area (Å²) < 4.78 is 1.46. The van der Waals surface area contributed by atoms with Gasteiger partial charge in [0, 0.05) is 44.0 Å². The topological polar surface area (TPSA) is 45.5 Å². The Kier molecular flexibility index (Phi) is 7.29. The molecule has 0 aliphatic carbocycles. The molecule has 1 unspecified atom stereocenters. The maximum Gasteiger partial charge on any atom is 0.250 e. The molecule has 3 rings (SSSR count). The van der Waals surface area contributed by atoms with Gasteiger partial charge in [-0.05, 0) is 55.5 Å². The van der Waals surface area contributed by atoms with Crippen molar-refractivity contribution in [3.05, 3.63) is 69.6 Å². The maximum absolute atomic E-state index is 12.5. The van der Waals surface area contributed by atoms with E-state index in [-0.39, 0.29) is 18.0 Å². The zero-order valence-corrected chi connectivity index (χ0v) is 17.1. The molecule has 1 atom stereocenters. The standard InChI is InChI=1S/C22H28ClN3O2/c1-24(22(28)17-26-13-3-2-6-21(26)27)15-19-5-4-12-25(16-19)14-11-18-7-9-20(23)10-8-18/h2-3,6-10,13,19H,4-5,11-12,14-17H2,1H3. The smallest absolute Gasteiger partial charge is 0.250 e. The Bertz CT molecular complexity index is 834. The van der Waals surface area contributed by atoms with E-state index in [1.54, 1.807) is 23.2 Å². The molecular weight excluding hydrogens is 374 g/mol. The summed E-state index contributed by atoms with van der Waals surface area (Å²) in [5.41, 5.74) is 1.16. The van der Waals surface area contributed by atoms with Crippen LogP contribution in [-0.4, -0.2) is 53.5 Å². The van der Waals surface area contributed by atoms with Crippen LogP contribution in [0.5, 0.6) is 0 Å². The lowest BCUT2D eigenvalue weighted by molar-refractivity contribution is -0.131. The maximum atomic E-state index is 12.5. The largest absolute Gasteiger partial charge is 0.344 e. The lowest BCUT2D eigenvalue weighted by atomic mass is 9.97. The molecule has 6 heteroatoms. The van der Waals surface area contributed by atoms with Gasteiger partial charge in [-0.25, -0.2) is 0 Å². The summed E-state index contributed by atoms with van der Waals surface area (Å²) in [6, 6.07) is 13.0. The molecule has 1 saturated heterocycles. The van der Waals surface area contributed by atoms with Gasteiger partial charge in [0.25, 0.3) is 5.56 Å². The average molecular weight is 402 g/mol. The second kappa shape index (κ2) is 9.89. The Hall–Kier alpha value is -2.11. The molecule has 2 aromatic rings. The molecule has 1 amide bonds. The molecule has 1 aromatic carbocycles. The number of likely N-dealkylation sites (tertiary alicyclic amines) is 1. The van der Waals surface area contributed by atoms with Crippen molar-refractivity contribution in [2.45, 2.75) is 25.8 Å². The SMILES string of the molecule is CN(CC1CCCN(CCc2ccc(Cl)cc2)C1)C(=O)Cn1ccccc1=O. The highest BCUT2D eigenvalue weighted by molar-refractivity contribution is 6.30. The molecule has 28 heavy (non-hydrogen) atoms. The Morgan fingerprint density at radius 2 is 2.00 bits per heavy atom. The number of benzene rings is 1. The van der Waals surface area contributed by atoms with Gasteiger partial charge < -0.3 is 14.4 Å². The van der Waals surface area contributed by atoms with Crippen molar-refractivity contribution in [1.29, 1.82) is 0 Å². The van der Waals surface area contributed by atoms with Crippen LogP contribution in [0, 0.1) is 5.92 Å². The molecule has 1 fully saturated rings. The number of carbonyl (C=O) groups is 1. The van der Waals surface area contributed by atoms with Crippen LogP contribution in [-0.2, 0) is 17.8 Å². The number of halogens is 1. The van der Waals surface area contributed by atoms with Crippen molar-refractivity contribution in [2.75, 3.05) is 33.2 Å². The van der Waals surface area contributed by atoms with Gasteiger partial charge in [-0.3, -0.25) is 9.59 Å². The van der Waals surface area contributed by atoms with Crippen LogP contribution in [0.4, 0.5) is 0 Å². The number of nitrogens with zero attached hydrogens (tertiary/aromatic N) is 3. The van der Waals surface area contributed by atoms with E-state index in [0.29, 0.717) is 5.92 Å². The van der Waals surface area contributed by atoms with Gasteiger partial charge >= 0.3 is 0 Å². The normalized spacial score (nSPS) is 17.4. The fraction of sp³-hybridized carbons (Fsp3) is 0.455. The summed E-state index contributed by atoms with van der Waals surface area (Å²) in [6.07, 6.45) is 4.97. The van der Waals surface area contributed by atoms with Crippen molar-refractivity contribution in [1.82, 2.24) is 14.4 Å². The van der Waals surface area contributed by atoms with Crippen LogP contribution in [0.2, 0.25) is 5.02 Å². The van der Waals surface area contributed by atoms with Crippen molar-refractivity contribution in [3.8, 4) is 0 Å². The number of carbonyl (C=O) groups excluding carboxylic acids is 1. The number of pyridine rings is 1. The average Bonchev–Trinajstić information content (AvgIpc) is 2.69. The second-order valence-electron chi connectivity index (χ2n) is 7.63. The van der Waals surface area contributed by atoms with Gasteiger partial charge in [-0.2, -0.15) is 0 Å². The van der Waals surface area contributed by atoms with Gasteiger partial charge in [0.1, 0.15) is 6.54 Å². The molecule has 1 aliphatic rings. The quantitative estimate of drug-likeness (QED) is 0.716. The molecule has 1 aliphatic heterocycles. The Balaban J connectivity index is 1.47. The highest BCUT2D eigenvalue weighted by Gasteiger charge is 2.22. The van der Waals surface area contributed by atoms with E-state index in [4.69, 9.17) is 11.6 Å². The van der Waals surface area contributed by atoms with E-state index in [2.05, 4.69) is 17.0 Å². The van der Waals surface area contributed by atoms with Gasteiger partial charge in [-0.15, -0.1) is 0 Å². The minimum Gasteiger partial charge on any atom is -0.344 e. The minimum absolute atomic E-state index is 0.0217. The number of hydrogen-bond acceptors (Lipinski definition) is 3. The van der Waals surface area contributed by atoms with Crippen LogP contribution in [0.15, 0.2) is 53.5 Å². The first-order valence-corrected chi connectivity index (χ1v) is 10.3. The van der Waals surface area contributed by atoms with Crippen molar-refractivity contribution in [2.24, 2.45) is 5.92 Å². The highest BCUT2D eigenvalue weighted by atomic mass is 35.5. The zero-order valence-electron chi connectivity index (χ0n) is 16.4. The summed E-state index contributed by atoms with van der Waals surface area (Å²) in [7, 11) is 1.84. The van der Waals surface area contributed by atoms with Crippen molar-refractivity contribution < 1.29 is 4.79 Å². The molecule has 0 radical (unpaired) electrons. The van der Waals surface area contributed by atoms with Crippen LogP contribution in [0.1, 0.15) is 18.4 Å². The first kappa shape index (κ1) is 20.6. The van der Waals surface area contributed by atoms with Crippen LogP contribution in [0.25, 0.3) is 0 Å². The fourth-order valence-corrected chi connectivity index (χ4v) is 3.91. The predicted molar refractivity (Wildman–Crippen MR) is 113 cm³/mol. The fourth-order valence-electron chi connectivity index (χ4n) is 3.79. The van der Waals surface area contributed by atoms with Crippen molar-refractivity contribution in [3.63, 3.8) is 0 Å². The van der Waals surface area contributed by atoms with E-state index >= 15 is 0 Å². The molecule has 2 heterocycles. The van der Waals surface area contributed by atoms with E-state index < -0.39 is 0 Å². The van der Waals surface area contributed by atoms with E-state index in [9.17, 15) is 9.59 Å². The summed E-state index contributed by atoms with van der Waals surface area (Å²) in [5.74, 6) is 0.451. The van der Waals surface area contributed by atoms with Crippen molar-refractivity contribution >= 4 is 17.5 Å². The van der Waals surface area contributed by atoms with Gasteiger partial charge in [0.05, 0.1) is 0 Å². The molecule has 0 N–H and O–H groups in total. The van der Waals surface area contributed by atoms with Gasteiger partial charge in [0.2, 0.25) is 5.91 Å². The Labute approximate surface area is 171 Å². The summed E-state index contributed by atoms with van der Waals surface area (Å²) >= 11 is 5.95. The molecule has 1 aromatic heterocycles. The molecule has 0 spiro atoms. The van der Waals surface area contributed by atoms with E-state index in [0.717, 1.165) is 50.5 Å². The lowest BCUT2D eigenvalue weighted by Crippen LogP contribution is -2.43. The monoisotopic (exact) mass is 401 g/mol. The highest BCUT2D eigenvalue weighted by Crippen LogP contribution is 2.18. The third kappa shape index (κ3) is 5.94. The second-order valence-corrected chi connectivity index (χ2v) is 8.06. The van der Waals surface area contributed by atoms with E-state index in [1.807, 2.05) is 19.2 Å². The zero-order chi connectivity index (χ0) is 19.9. The summed E-state index contributed by atoms with van der Waals surface area (Å²) in [6.45, 7) is 3.98. The van der Waals surface area contributed by atoms with Gasteiger partial charge in [0.15, 0.2) is 0 Å². The van der Waals surface area contributed by atoms with Crippen LogP contribution < -0.4 is 5.56 Å². The molecule has 150 valence electrons. The van der Waals surface area contributed by atoms with Crippen LogP contribution in [0.3, 0.4) is 0 Å². The number of rotatable bonds is 7. The molecule has 0 bridgehead atoms. The number of likely N-dealkylation sites (N-methyl/N-ethyl adjacent to an activating group) is 1. The number of piperidine rings is 1. The molecular formula is C22H28ClN3O2. The van der Waals surface area contributed by atoms with Crippen LogP contribution >= 0.6 is 11.6 Å².